The van der Waals surface area contributed by atoms with E-state index < -0.39 is 0 Å². The summed E-state index contributed by atoms with van der Waals surface area (Å²) < 4.78 is 3.28. The van der Waals surface area contributed by atoms with E-state index in [1.165, 1.54) is 18.0 Å². The van der Waals surface area contributed by atoms with Crippen LogP contribution in [0.15, 0.2) is 64.7 Å². The number of aromatic nitrogens is 4. The third-order valence-corrected chi connectivity index (χ3v) is 6.55. The van der Waals surface area contributed by atoms with Crippen molar-refractivity contribution in [2.75, 3.05) is 11.1 Å². The fraction of sp³-hybridized carbons (Fsp3) is 0.174. The standard InChI is InChI=1S/C23H18N6O2S/c1-14-6-2-5-9-19(14)29-21-17(12-25-29)22(31)28-16(13-32-23(28)27-21)10-20(30)26-18-8-4-3-7-15(18)11-24/h2-9,12,16H,10,13H2,1H3,(H,26,30). The van der Waals surface area contributed by atoms with E-state index in [-0.39, 0.29) is 23.9 Å². The lowest BCUT2D eigenvalue weighted by Gasteiger charge is -2.14. The predicted molar refractivity (Wildman–Crippen MR) is 122 cm³/mol. The molecule has 2 aromatic carbocycles. The monoisotopic (exact) mass is 442 g/mol. The maximum absolute atomic E-state index is 13.3. The SMILES string of the molecule is Cc1ccccc1-n1ncc2c(=O)n3c(nc21)SCC3CC(=O)Nc1ccccc1C#N. The average Bonchev–Trinajstić information content (AvgIpc) is 3.39. The van der Waals surface area contributed by atoms with Crippen LogP contribution < -0.4 is 10.9 Å². The minimum absolute atomic E-state index is 0.110. The van der Waals surface area contributed by atoms with Crippen molar-refractivity contribution in [1.29, 1.82) is 5.26 Å². The molecule has 1 unspecified atom stereocenters. The maximum Gasteiger partial charge on any atom is 0.265 e. The molecule has 0 radical (unpaired) electrons. The van der Waals surface area contributed by atoms with Crippen LogP contribution in [0.5, 0.6) is 0 Å². The minimum Gasteiger partial charge on any atom is -0.325 e. The first-order chi connectivity index (χ1) is 15.6. The predicted octanol–water partition coefficient (Wildman–Crippen LogP) is 3.44. The third kappa shape index (κ3) is 3.35. The van der Waals surface area contributed by atoms with Gasteiger partial charge in [-0.3, -0.25) is 14.2 Å². The van der Waals surface area contributed by atoms with Crippen molar-refractivity contribution in [3.05, 3.63) is 76.2 Å². The van der Waals surface area contributed by atoms with Crippen molar-refractivity contribution in [2.24, 2.45) is 0 Å². The summed E-state index contributed by atoms with van der Waals surface area (Å²) in [6, 6.07) is 16.4. The van der Waals surface area contributed by atoms with E-state index in [9.17, 15) is 14.9 Å². The minimum atomic E-state index is -0.324. The van der Waals surface area contributed by atoms with Gasteiger partial charge < -0.3 is 5.32 Å². The number of carbonyl (C=O) groups is 1. The van der Waals surface area contributed by atoms with Crippen LogP contribution in [-0.4, -0.2) is 31.0 Å². The zero-order chi connectivity index (χ0) is 22.2. The highest BCUT2D eigenvalue weighted by molar-refractivity contribution is 7.99. The molecule has 9 heteroatoms. The summed E-state index contributed by atoms with van der Waals surface area (Å²) in [7, 11) is 0. The number of para-hydroxylation sites is 2. The van der Waals surface area contributed by atoms with E-state index in [0.29, 0.717) is 33.2 Å². The molecule has 1 aliphatic heterocycles. The van der Waals surface area contributed by atoms with Gasteiger partial charge in [-0.25, -0.2) is 9.67 Å². The fourth-order valence-corrected chi connectivity index (χ4v) is 4.99. The highest BCUT2D eigenvalue weighted by Gasteiger charge is 2.30. The molecule has 0 saturated carbocycles. The van der Waals surface area contributed by atoms with E-state index in [4.69, 9.17) is 4.98 Å². The zero-order valence-electron chi connectivity index (χ0n) is 17.1. The Morgan fingerprint density at radius 2 is 2.03 bits per heavy atom. The molecule has 158 valence electrons. The summed E-state index contributed by atoms with van der Waals surface area (Å²) in [4.78, 5) is 30.7. The van der Waals surface area contributed by atoms with Gasteiger partial charge in [0, 0.05) is 12.2 Å². The Hall–Kier alpha value is -3.90. The van der Waals surface area contributed by atoms with Gasteiger partial charge in [0.1, 0.15) is 11.5 Å². The molecule has 1 atom stereocenters. The van der Waals surface area contributed by atoms with Gasteiger partial charge in [-0.2, -0.15) is 10.4 Å². The Kier molecular flexibility index (Phi) is 4.99. The van der Waals surface area contributed by atoms with E-state index >= 15 is 0 Å². The topological polar surface area (TPSA) is 106 Å². The van der Waals surface area contributed by atoms with Crippen molar-refractivity contribution in [3.8, 4) is 11.8 Å². The molecule has 0 saturated heterocycles. The summed E-state index contributed by atoms with van der Waals surface area (Å²) in [5, 5.41) is 17.4. The third-order valence-electron chi connectivity index (χ3n) is 5.46. The number of rotatable bonds is 4. The van der Waals surface area contributed by atoms with Gasteiger partial charge in [0.05, 0.1) is 29.2 Å². The van der Waals surface area contributed by atoms with Crippen LogP contribution in [0.25, 0.3) is 16.7 Å². The molecule has 1 N–H and O–H groups in total. The summed E-state index contributed by atoms with van der Waals surface area (Å²) in [6.45, 7) is 1.98. The molecule has 32 heavy (non-hydrogen) atoms. The molecule has 3 heterocycles. The van der Waals surface area contributed by atoms with Crippen LogP contribution in [-0.2, 0) is 4.79 Å². The number of hydrogen-bond donors (Lipinski definition) is 1. The first-order valence-electron chi connectivity index (χ1n) is 10.0. The normalized spacial score (nSPS) is 14.8. The van der Waals surface area contributed by atoms with Gasteiger partial charge in [-0.05, 0) is 30.7 Å². The Morgan fingerprint density at radius 1 is 1.25 bits per heavy atom. The van der Waals surface area contributed by atoms with Crippen molar-refractivity contribution in [1.82, 2.24) is 19.3 Å². The second-order valence-electron chi connectivity index (χ2n) is 7.52. The fourth-order valence-electron chi connectivity index (χ4n) is 3.86. The molecule has 4 aromatic rings. The van der Waals surface area contributed by atoms with Crippen LogP contribution in [0.3, 0.4) is 0 Å². The average molecular weight is 443 g/mol. The number of fused-ring (bicyclic) bond motifs is 2. The van der Waals surface area contributed by atoms with Gasteiger partial charge in [0.2, 0.25) is 5.91 Å². The van der Waals surface area contributed by atoms with E-state index in [0.717, 1.165) is 11.3 Å². The van der Waals surface area contributed by atoms with Gasteiger partial charge in [-0.1, -0.05) is 42.1 Å². The largest absolute Gasteiger partial charge is 0.325 e. The lowest BCUT2D eigenvalue weighted by molar-refractivity contribution is -0.116. The van der Waals surface area contributed by atoms with Crippen LogP contribution in [0.4, 0.5) is 5.69 Å². The van der Waals surface area contributed by atoms with Gasteiger partial charge in [0.15, 0.2) is 10.8 Å². The van der Waals surface area contributed by atoms with E-state index in [1.807, 2.05) is 31.2 Å². The van der Waals surface area contributed by atoms with Crippen LogP contribution >= 0.6 is 11.8 Å². The van der Waals surface area contributed by atoms with Crippen LogP contribution in [0.2, 0.25) is 0 Å². The Bertz CT molecular complexity index is 1470. The van der Waals surface area contributed by atoms with Crippen molar-refractivity contribution in [2.45, 2.75) is 24.5 Å². The first-order valence-corrected chi connectivity index (χ1v) is 11.0. The first kappa shape index (κ1) is 20.0. The molecule has 0 bridgehead atoms. The number of aryl methyl sites for hydroxylation is 1. The van der Waals surface area contributed by atoms with E-state index in [1.54, 1.807) is 33.5 Å². The highest BCUT2D eigenvalue weighted by atomic mass is 32.2. The molecule has 8 nitrogen and oxygen atoms in total. The number of amides is 1. The second-order valence-corrected chi connectivity index (χ2v) is 8.51. The molecule has 1 aliphatic rings. The van der Waals surface area contributed by atoms with Crippen molar-refractivity contribution in [3.63, 3.8) is 0 Å². The molecular formula is C23H18N6O2S. The summed E-state index contributed by atoms with van der Waals surface area (Å²) in [5.74, 6) is 0.314. The Morgan fingerprint density at radius 3 is 2.84 bits per heavy atom. The molecule has 0 aliphatic carbocycles. The van der Waals surface area contributed by atoms with Gasteiger partial charge in [0.25, 0.3) is 5.56 Å². The quantitative estimate of drug-likeness (QED) is 0.486. The Labute approximate surface area is 187 Å². The highest BCUT2D eigenvalue weighted by Crippen LogP contribution is 2.33. The van der Waals surface area contributed by atoms with Crippen LogP contribution in [0.1, 0.15) is 23.6 Å². The second kappa shape index (κ2) is 7.98. The number of nitriles is 1. The van der Waals surface area contributed by atoms with Crippen molar-refractivity contribution >= 4 is 34.4 Å². The maximum atomic E-state index is 13.3. The molecule has 0 fully saturated rings. The van der Waals surface area contributed by atoms with Crippen molar-refractivity contribution < 1.29 is 4.79 Å². The number of nitrogens with one attached hydrogen (secondary N) is 1. The summed E-state index contributed by atoms with van der Waals surface area (Å²) >= 11 is 1.45. The van der Waals surface area contributed by atoms with Gasteiger partial charge in [-0.15, -0.1) is 0 Å². The summed E-state index contributed by atoms with van der Waals surface area (Å²) in [5.41, 5.74) is 3.06. The lowest BCUT2D eigenvalue weighted by atomic mass is 10.1. The number of anilines is 1. The zero-order valence-corrected chi connectivity index (χ0v) is 18.0. The number of carbonyl (C=O) groups excluding carboxylic acids is 1. The molecular weight excluding hydrogens is 424 g/mol. The number of nitrogens with zero attached hydrogens (tertiary/aromatic N) is 5. The number of benzene rings is 2. The lowest BCUT2D eigenvalue weighted by Crippen LogP contribution is -2.28. The summed E-state index contributed by atoms with van der Waals surface area (Å²) in [6.07, 6.45) is 1.65. The molecule has 1 amide bonds. The molecule has 0 spiro atoms. The van der Waals surface area contributed by atoms with Gasteiger partial charge >= 0.3 is 0 Å². The number of thioether (sulfide) groups is 1. The Balaban J connectivity index is 1.46. The van der Waals surface area contributed by atoms with Crippen LogP contribution in [0, 0.1) is 18.3 Å². The molecule has 2 aromatic heterocycles. The smallest absolute Gasteiger partial charge is 0.265 e. The van der Waals surface area contributed by atoms with E-state index in [2.05, 4.69) is 16.5 Å². The number of hydrogen-bond acceptors (Lipinski definition) is 6. The molecule has 5 rings (SSSR count).